The van der Waals surface area contributed by atoms with Crippen LogP contribution in [0.2, 0.25) is 15.1 Å². The van der Waals surface area contributed by atoms with Gasteiger partial charge in [0.2, 0.25) is 5.88 Å². The first-order valence-electron chi connectivity index (χ1n) is 4.78. The van der Waals surface area contributed by atoms with Crippen molar-refractivity contribution in [2.24, 2.45) is 0 Å². The van der Waals surface area contributed by atoms with Crippen molar-refractivity contribution in [2.45, 2.75) is 0 Å². The van der Waals surface area contributed by atoms with Gasteiger partial charge in [-0.25, -0.2) is 4.98 Å². The van der Waals surface area contributed by atoms with Gasteiger partial charge in [-0.2, -0.15) is 5.26 Å². The average Bonchev–Trinajstić information content (AvgIpc) is 2.30. The molecule has 0 amide bonds. The Labute approximate surface area is 118 Å². The Bertz CT molecular complexity index is 617. The molecule has 2 rings (SSSR count). The van der Waals surface area contributed by atoms with Crippen LogP contribution < -0.4 is 4.74 Å². The fraction of sp³-hybridized carbons (Fsp3) is 0. The van der Waals surface area contributed by atoms with Crippen LogP contribution in [0.1, 0.15) is 5.56 Å². The molecular weight excluding hydrogens is 295 g/mol. The van der Waals surface area contributed by atoms with E-state index in [9.17, 15) is 0 Å². The number of nitriles is 1. The van der Waals surface area contributed by atoms with Gasteiger partial charge in [0.25, 0.3) is 0 Å². The van der Waals surface area contributed by atoms with Crippen molar-refractivity contribution in [3.8, 4) is 17.7 Å². The molecule has 0 aliphatic rings. The lowest BCUT2D eigenvalue weighted by molar-refractivity contribution is 0.463. The van der Waals surface area contributed by atoms with Gasteiger partial charge in [0.1, 0.15) is 16.8 Å². The number of benzene rings is 1. The lowest BCUT2D eigenvalue weighted by atomic mass is 10.3. The fourth-order valence-corrected chi connectivity index (χ4v) is 1.98. The van der Waals surface area contributed by atoms with Crippen LogP contribution in [0.4, 0.5) is 0 Å². The minimum atomic E-state index is 0.133. The predicted octanol–water partition coefficient (Wildman–Crippen LogP) is 4.71. The van der Waals surface area contributed by atoms with Crippen molar-refractivity contribution < 1.29 is 4.74 Å². The summed E-state index contributed by atoms with van der Waals surface area (Å²) in [5.41, 5.74) is 0.287. The lowest BCUT2D eigenvalue weighted by Gasteiger charge is -2.07. The number of nitrogens with zero attached hydrogens (tertiary/aromatic N) is 2. The van der Waals surface area contributed by atoms with Gasteiger partial charge in [-0.1, -0.05) is 34.8 Å². The molecule has 1 heterocycles. The highest BCUT2D eigenvalue weighted by molar-refractivity contribution is 6.35. The third-order valence-electron chi connectivity index (χ3n) is 2.03. The number of hydrogen-bond acceptors (Lipinski definition) is 3. The van der Waals surface area contributed by atoms with Crippen LogP contribution in [0.25, 0.3) is 0 Å². The summed E-state index contributed by atoms with van der Waals surface area (Å²) in [7, 11) is 0. The molecule has 18 heavy (non-hydrogen) atoms. The minimum absolute atomic E-state index is 0.133. The van der Waals surface area contributed by atoms with Crippen molar-refractivity contribution in [1.29, 1.82) is 5.26 Å². The van der Waals surface area contributed by atoms with E-state index >= 15 is 0 Å². The standard InChI is InChI=1S/C12H5Cl3N2O/c13-8-3-9(14)5-10(4-8)18-12-11(15)7(6-16)1-2-17-12/h1-5H. The summed E-state index contributed by atoms with van der Waals surface area (Å²) in [6, 6.07) is 8.17. The largest absolute Gasteiger partial charge is 0.437 e. The number of pyridine rings is 1. The Balaban J connectivity index is 2.37. The molecule has 0 fully saturated rings. The van der Waals surface area contributed by atoms with E-state index in [1.165, 1.54) is 12.3 Å². The molecule has 0 bridgehead atoms. The number of aromatic nitrogens is 1. The monoisotopic (exact) mass is 298 g/mol. The summed E-state index contributed by atoms with van der Waals surface area (Å²) in [6.45, 7) is 0. The Morgan fingerprint density at radius 2 is 1.78 bits per heavy atom. The zero-order valence-electron chi connectivity index (χ0n) is 8.82. The summed E-state index contributed by atoms with van der Waals surface area (Å²) < 4.78 is 5.45. The van der Waals surface area contributed by atoms with E-state index in [4.69, 9.17) is 44.8 Å². The number of hydrogen-bond donors (Lipinski definition) is 0. The molecule has 0 N–H and O–H groups in total. The molecule has 0 atom stereocenters. The quantitative estimate of drug-likeness (QED) is 0.807. The lowest BCUT2D eigenvalue weighted by Crippen LogP contribution is -1.91. The molecule has 1 aromatic heterocycles. The Kier molecular flexibility index (Phi) is 3.93. The van der Waals surface area contributed by atoms with Crippen molar-refractivity contribution >= 4 is 34.8 Å². The summed E-state index contributed by atoms with van der Waals surface area (Å²) >= 11 is 17.7. The molecule has 0 saturated carbocycles. The van der Waals surface area contributed by atoms with Crippen LogP contribution in [0, 0.1) is 11.3 Å². The van der Waals surface area contributed by atoms with Gasteiger partial charge in [-0.05, 0) is 24.3 Å². The number of halogens is 3. The first kappa shape index (κ1) is 13.0. The highest BCUT2D eigenvalue weighted by Gasteiger charge is 2.10. The molecule has 3 nitrogen and oxygen atoms in total. The predicted molar refractivity (Wildman–Crippen MR) is 70.5 cm³/mol. The van der Waals surface area contributed by atoms with Crippen LogP contribution in [0.15, 0.2) is 30.5 Å². The maximum atomic E-state index is 8.84. The summed E-state index contributed by atoms with van der Waals surface area (Å²) in [6.07, 6.45) is 1.44. The molecule has 1 aromatic carbocycles. The zero-order chi connectivity index (χ0) is 13.1. The van der Waals surface area contributed by atoms with Crippen LogP contribution >= 0.6 is 34.8 Å². The fourth-order valence-electron chi connectivity index (χ4n) is 1.28. The molecule has 0 aliphatic heterocycles. The zero-order valence-corrected chi connectivity index (χ0v) is 11.1. The van der Waals surface area contributed by atoms with E-state index in [0.717, 1.165) is 0 Å². The van der Waals surface area contributed by atoms with E-state index in [1.807, 2.05) is 6.07 Å². The van der Waals surface area contributed by atoms with Gasteiger partial charge in [-0.15, -0.1) is 0 Å². The molecule has 0 unspecified atom stereocenters. The highest BCUT2D eigenvalue weighted by atomic mass is 35.5. The summed E-state index contributed by atoms with van der Waals surface area (Å²) in [5.74, 6) is 0.533. The Morgan fingerprint density at radius 3 is 2.39 bits per heavy atom. The second-order valence-corrected chi connectivity index (χ2v) is 4.55. The smallest absolute Gasteiger partial charge is 0.239 e. The van der Waals surface area contributed by atoms with Crippen molar-refractivity contribution in [3.63, 3.8) is 0 Å². The van der Waals surface area contributed by atoms with Gasteiger partial charge in [0.15, 0.2) is 0 Å². The highest BCUT2D eigenvalue weighted by Crippen LogP contribution is 2.32. The minimum Gasteiger partial charge on any atom is -0.437 e. The SMILES string of the molecule is N#Cc1ccnc(Oc2cc(Cl)cc(Cl)c2)c1Cl. The van der Waals surface area contributed by atoms with E-state index in [-0.39, 0.29) is 16.5 Å². The average molecular weight is 300 g/mol. The summed E-state index contributed by atoms with van der Waals surface area (Å²) in [4.78, 5) is 3.95. The third-order valence-corrected chi connectivity index (χ3v) is 2.83. The molecule has 0 radical (unpaired) electrons. The maximum absolute atomic E-state index is 8.84. The van der Waals surface area contributed by atoms with Crippen LogP contribution in [-0.2, 0) is 0 Å². The van der Waals surface area contributed by atoms with Crippen molar-refractivity contribution in [1.82, 2.24) is 4.98 Å². The van der Waals surface area contributed by atoms with E-state index < -0.39 is 0 Å². The van der Waals surface area contributed by atoms with Gasteiger partial charge in [0, 0.05) is 16.2 Å². The van der Waals surface area contributed by atoms with E-state index in [2.05, 4.69) is 4.98 Å². The first-order chi connectivity index (χ1) is 8.60. The molecule has 0 saturated heterocycles. The second kappa shape index (κ2) is 5.45. The molecule has 90 valence electrons. The van der Waals surface area contributed by atoms with Crippen molar-refractivity contribution in [2.75, 3.05) is 0 Å². The number of ether oxygens (including phenoxy) is 1. The Hall–Kier alpha value is -1.47. The van der Waals surface area contributed by atoms with E-state index in [1.54, 1.807) is 18.2 Å². The number of rotatable bonds is 2. The molecule has 2 aromatic rings. The molecule has 6 heteroatoms. The van der Waals surface area contributed by atoms with Crippen molar-refractivity contribution in [3.05, 3.63) is 51.1 Å². The van der Waals surface area contributed by atoms with Gasteiger partial charge < -0.3 is 4.74 Å². The normalized spacial score (nSPS) is 9.89. The van der Waals surface area contributed by atoms with Crippen LogP contribution in [0.3, 0.4) is 0 Å². The van der Waals surface area contributed by atoms with Gasteiger partial charge in [0.05, 0.1) is 5.56 Å². The van der Waals surface area contributed by atoms with Gasteiger partial charge in [-0.3, -0.25) is 0 Å². The summed E-state index contributed by atoms with van der Waals surface area (Å²) in [5, 5.41) is 9.86. The molecule has 0 spiro atoms. The second-order valence-electron chi connectivity index (χ2n) is 3.30. The van der Waals surface area contributed by atoms with E-state index in [0.29, 0.717) is 15.8 Å². The maximum Gasteiger partial charge on any atom is 0.239 e. The topological polar surface area (TPSA) is 45.9 Å². The molecule has 0 aliphatic carbocycles. The Morgan fingerprint density at radius 1 is 1.11 bits per heavy atom. The van der Waals surface area contributed by atoms with Crippen LogP contribution in [0.5, 0.6) is 11.6 Å². The molecular formula is C12H5Cl3N2O. The van der Waals surface area contributed by atoms with Crippen LogP contribution in [-0.4, -0.2) is 4.98 Å². The first-order valence-corrected chi connectivity index (χ1v) is 5.92. The third kappa shape index (κ3) is 2.85. The van der Waals surface area contributed by atoms with Gasteiger partial charge >= 0.3 is 0 Å².